The van der Waals surface area contributed by atoms with Crippen LogP contribution in [-0.4, -0.2) is 56.0 Å². The van der Waals surface area contributed by atoms with Gasteiger partial charge >= 0.3 is 5.97 Å². The summed E-state index contributed by atoms with van der Waals surface area (Å²) in [5.41, 5.74) is -1.01. The fourth-order valence-corrected chi connectivity index (χ4v) is 2.49. The molecule has 1 heterocycles. The lowest BCUT2D eigenvalue weighted by Gasteiger charge is -2.46. The molecule has 1 aliphatic heterocycles. The Bertz CT molecular complexity index is 636. The van der Waals surface area contributed by atoms with E-state index in [0.29, 0.717) is 0 Å². The first-order valence-electron chi connectivity index (χ1n) is 7.20. The molecule has 0 spiro atoms. The van der Waals surface area contributed by atoms with Gasteiger partial charge in [-0.3, -0.25) is 26.1 Å². The molecule has 0 unspecified atom stereocenters. The van der Waals surface area contributed by atoms with E-state index in [4.69, 9.17) is 9.47 Å². The Morgan fingerprint density at radius 3 is 2.21 bits per heavy atom. The molecule has 0 radical (unpaired) electrons. The Hall–Kier alpha value is -2.11. The first-order chi connectivity index (χ1) is 11.3. The van der Waals surface area contributed by atoms with E-state index in [0.717, 1.165) is 12.1 Å². The number of ether oxygens (including phenoxy) is 2. The zero-order valence-electron chi connectivity index (χ0n) is 13.6. The second-order valence-electron chi connectivity index (χ2n) is 5.32. The molecule has 1 aliphatic rings. The van der Waals surface area contributed by atoms with Gasteiger partial charge in [-0.25, -0.2) is 4.79 Å². The number of nitro benzene ring substituents is 1. The number of carboxylic acids is 1. The topological polar surface area (TPSA) is 135 Å². The van der Waals surface area contributed by atoms with Crippen molar-refractivity contribution in [3.63, 3.8) is 0 Å². The minimum Gasteiger partial charge on any atom is -0.478 e. The molecular weight excluding hydrogens is 320 g/mol. The van der Waals surface area contributed by atoms with Crippen LogP contribution >= 0.6 is 0 Å². The Labute approximate surface area is 138 Å². The van der Waals surface area contributed by atoms with Gasteiger partial charge in [0.25, 0.3) is 11.6 Å². The van der Waals surface area contributed by atoms with Crippen LogP contribution in [0.15, 0.2) is 18.2 Å². The van der Waals surface area contributed by atoms with Gasteiger partial charge < -0.3 is 14.6 Å². The highest BCUT2D eigenvalue weighted by Gasteiger charge is 2.46. The number of likely N-dealkylation sites (N-methyl/N-ethyl adjacent to an activating group) is 2. The van der Waals surface area contributed by atoms with Crippen molar-refractivity contribution in [2.24, 2.45) is 0 Å². The third kappa shape index (κ3) is 3.09. The van der Waals surface area contributed by atoms with Crippen LogP contribution in [-0.2, 0) is 15.4 Å². The average Bonchev–Trinajstić information content (AvgIpc) is 2.61. The van der Waals surface area contributed by atoms with Crippen LogP contribution in [0.4, 0.5) is 5.69 Å². The summed E-state index contributed by atoms with van der Waals surface area (Å²) in [7, 11) is 4.98. The zero-order chi connectivity index (χ0) is 18.0. The first kappa shape index (κ1) is 18.2. The SMILES string of the molecule is CNC1(NC)COC(NC)(c2cc([N+](=O)[O-])ccc2C(=O)O)OC1. The number of hydrogen-bond donors (Lipinski definition) is 4. The molecule has 1 saturated heterocycles. The van der Waals surface area contributed by atoms with Crippen LogP contribution in [0.25, 0.3) is 0 Å². The second-order valence-corrected chi connectivity index (χ2v) is 5.32. The van der Waals surface area contributed by atoms with Crippen molar-refractivity contribution >= 4 is 11.7 Å². The molecule has 0 saturated carbocycles. The van der Waals surface area contributed by atoms with E-state index in [1.54, 1.807) is 14.1 Å². The Balaban J connectivity index is 2.49. The lowest BCUT2D eigenvalue weighted by Crippen LogP contribution is -2.67. The van der Waals surface area contributed by atoms with Crippen molar-refractivity contribution in [2.75, 3.05) is 34.4 Å². The maximum Gasteiger partial charge on any atom is 0.336 e. The molecule has 0 bridgehead atoms. The molecule has 0 atom stereocenters. The van der Waals surface area contributed by atoms with E-state index in [1.165, 1.54) is 13.1 Å². The van der Waals surface area contributed by atoms with E-state index in [-0.39, 0.29) is 30.0 Å². The number of nitrogens with one attached hydrogen (secondary N) is 3. The maximum atomic E-state index is 11.5. The Kier molecular flexibility index (Phi) is 5.16. The van der Waals surface area contributed by atoms with Gasteiger partial charge in [-0.1, -0.05) is 0 Å². The van der Waals surface area contributed by atoms with Crippen molar-refractivity contribution in [3.05, 3.63) is 39.4 Å². The van der Waals surface area contributed by atoms with Gasteiger partial charge in [-0.2, -0.15) is 0 Å². The smallest absolute Gasteiger partial charge is 0.336 e. The molecule has 4 N–H and O–H groups in total. The molecule has 10 heteroatoms. The van der Waals surface area contributed by atoms with Crippen molar-refractivity contribution in [1.29, 1.82) is 0 Å². The van der Waals surface area contributed by atoms with Gasteiger partial charge in [0.1, 0.15) is 5.66 Å². The van der Waals surface area contributed by atoms with E-state index < -0.39 is 22.5 Å². The molecule has 132 valence electrons. The number of aromatic carboxylic acids is 1. The molecule has 1 fully saturated rings. The van der Waals surface area contributed by atoms with E-state index in [1.807, 2.05) is 0 Å². The maximum absolute atomic E-state index is 11.5. The molecule has 0 aromatic heterocycles. The van der Waals surface area contributed by atoms with Crippen LogP contribution in [0.3, 0.4) is 0 Å². The summed E-state index contributed by atoms with van der Waals surface area (Å²) in [6.45, 7) is 0.283. The highest BCUT2D eigenvalue weighted by atomic mass is 16.7. The summed E-state index contributed by atoms with van der Waals surface area (Å²) < 4.78 is 11.6. The summed E-state index contributed by atoms with van der Waals surface area (Å²) in [5.74, 6) is -2.84. The van der Waals surface area contributed by atoms with Gasteiger partial charge in [0, 0.05) is 17.7 Å². The molecule has 2 rings (SSSR count). The predicted octanol–water partition coefficient (Wildman–Crippen LogP) is -0.195. The number of nitrogens with zero attached hydrogens (tertiary/aromatic N) is 1. The number of hydrogen-bond acceptors (Lipinski definition) is 8. The molecule has 0 amide bonds. The summed E-state index contributed by atoms with van der Waals surface area (Å²) in [6.07, 6.45) is 0. The van der Waals surface area contributed by atoms with Crippen LogP contribution in [0.1, 0.15) is 15.9 Å². The minimum atomic E-state index is -1.60. The predicted molar refractivity (Wildman–Crippen MR) is 83.5 cm³/mol. The first-order valence-corrected chi connectivity index (χ1v) is 7.20. The van der Waals surface area contributed by atoms with Crippen LogP contribution in [0, 0.1) is 10.1 Å². The van der Waals surface area contributed by atoms with Gasteiger partial charge in [-0.15, -0.1) is 0 Å². The number of nitro groups is 1. The van der Waals surface area contributed by atoms with Crippen molar-refractivity contribution in [3.8, 4) is 0 Å². The fraction of sp³-hybridized carbons (Fsp3) is 0.500. The van der Waals surface area contributed by atoms with Crippen molar-refractivity contribution < 1.29 is 24.3 Å². The normalized spacial score (nSPS) is 19.0. The minimum absolute atomic E-state index is 0.0347. The summed E-state index contributed by atoms with van der Waals surface area (Å²) in [5, 5.41) is 29.3. The van der Waals surface area contributed by atoms with E-state index in [9.17, 15) is 20.0 Å². The molecule has 1 aromatic carbocycles. The fourth-order valence-electron chi connectivity index (χ4n) is 2.49. The standard InChI is InChI=1S/C14H20N4O6/c1-15-13(16-2)7-23-14(17-3,24-8-13)11-6-9(18(21)22)4-5-10(11)12(19)20/h4-6,15-17H,7-8H2,1-3H3,(H,19,20). The third-order valence-corrected chi connectivity index (χ3v) is 4.13. The lowest BCUT2D eigenvalue weighted by atomic mass is 10.0. The van der Waals surface area contributed by atoms with Gasteiger partial charge in [0.05, 0.1) is 23.7 Å². The van der Waals surface area contributed by atoms with E-state index >= 15 is 0 Å². The highest BCUT2D eigenvalue weighted by molar-refractivity contribution is 5.90. The van der Waals surface area contributed by atoms with Crippen molar-refractivity contribution in [1.82, 2.24) is 16.0 Å². The highest BCUT2D eigenvalue weighted by Crippen LogP contribution is 2.34. The zero-order valence-corrected chi connectivity index (χ0v) is 13.6. The Morgan fingerprint density at radius 2 is 1.79 bits per heavy atom. The molecular formula is C14H20N4O6. The number of non-ortho nitro benzene ring substituents is 1. The summed E-state index contributed by atoms with van der Waals surface area (Å²) in [4.78, 5) is 21.9. The number of carbonyl (C=O) groups is 1. The molecule has 1 aromatic rings. The largest absolute Gasteiger partial charge is 0.478 e. The molecule has 24 heavy (non-hydrogen) atoms. The average molecular weight is 340 g/mol. The van der Waals surface area contributed by atoms with Crippen LogP contribution < -0.4 is 16.0 Å². The summed E-state index contributed by atoms with van der Waals surface area (Å²) >= 11 is 0. The quantitative estimate of drug-likeness (QED) is 0.315. The summed E-state index contributed by atoms with van der Waals surface area (Å²) in [6, 6.07) is 3.44. The van der Waals surface area contributed by atoms with E-state index in [2.05, 4.69) is 16.0 Å². The number of benzene rings is 1. The third-order valence-electron chi connectivity index (χ3n) is 4.13. The van der Waals surface area contributed by atoms with Crippen molar-refractivity contribution in [2.45, 2.75) is 11.6 Å². The van der Waals surface area contributed by atoms with Gasteiger partial charge in [0.2, 0.25) is 0 Å². The van der Waals surface area contributed by atoms with Crippen LogP contribution in [0.2, 0.25) is 0 Å². The number of carboxylic acid groups (broad SMARTS) is 1. The molecule has 0 aliphatic carbocycles. The Morgan fingerprint density at radius 1 is 1.21 bits per heavy atom. The second kappa shape index (κ2) is 6.79. The monoisotopic (exact) mass is 340 g/mol. The molecule has 10 nitrogen and oxygen atoms in total. The van der Waals surface area contributed by atoms with Gasteiger partial charge in [-0.05, 0) is 27.2 Å². The van der Waals surface area contributed by atoms with Gasteiger partial charge in [0.15, 0.2) is 0 Å². The number of rotatable bonds is 6. The lowest BCUT2D eigenvalue weighted by molar-refractivity contribution is -0.385. The van der Waals surface area contributed by atoms with Crippen LogP contribution in [0.5, 0.6) is 0 Å².